The summed E-state index contributed by atoms with van der Waals surface area (Å²) in [6, 6.07) is 3.71. The van der Waals surface area contributed by atoms with Crippen molar-refractivity contribution in [3.05, 3.63) is 34.7 Å². The molecule has 0 atom stereocenters. The molecule has 5 nitrogen and oxygen atoms in total. The summed E-state index contributed by atoms with van der Waals surface area (Å²) in [5.74, 6) is -1.06. The van der Waals surface area contributed by atoms with Crippen molar-refractivity contribution in [2.75, 3.05) is 0 Å². The maximum atomic E-state index is 10.8. The summed E-state index contributed by atoms with van der Waals surface area (Å²) in [5.41, 5.74) is 1.69. The first-order valence-electron chi connectivity index (χ1n) is 4.68. The van der Waals surface area contributed by atoms with E-state index in [2.05, 4.69) is 9.97 Å². The summed E-state index contributed by atoms with van der Waals surface area (Å²) in [5, 5.41) is 17.9. The molecule has 0 aliphatic carbocycles. The van der Waals surface area contributed by atoms with Crippen LogP contribution in [-0.4, -0.2) is 21.0 Å². The number of nitrogens with zero attached hydrogens (tertiary/aromatic N) is 3. The molecule has 0 bridgehead atoms. The molecule has 0 aliphatic rings. The van der Waals surface area contributed by atoms with Gasteiger partial charge < -0.3 is 5.11 Å². The third kappa shape index (κ3) is 2.00. The second kappa shape index (κ2) is 4.31. The molecule has 6 heteroatoms. The third-order valence-corrected chi connectivity index (χ3v) is 3.34. The quantitative estimate of drug-likeness (QED) is 0.875. The average Bonchev–Trinajstić information content (AvgIpc) is 2.71. The Morgan fingerprint density at radius 2 is 2.35 bits per heavy atom. The fourth-order valence-electron chi connectivity index (χ4n) is 1.42. The molecule has 0 unspecified atom stereocenters. The van der Waals surface area contributed by atoms with Crippen LogP contribution in [0.25, 0.3) is 10.4 Å². The summed E-state index contributed by atoms with van der Waals surface area (Å²) < 4.78 is 0. The highest BCUT2D eigenvalue weighted by molar-refractivity contribution is 7.17. The van der Waals surface area contributed by atoms with Crippen LogP contribution in [0.1, 0.15) is 21.1 Å². The molecule has 0 saturated heterocycles. The monoisotopic (exact) mass is 245 g/mol. The lowest BCUT2D eigenvalue weighted by atomic mass is 10.1. The van der Waals surface area contributed by atoms with Crippen LogP contribution in [0.15, 0.2) is 18.5 Å². The third-order valence-electron chi connectivity index (χ3n) is 2.17. The van der Waals surface area contributed by atoms with Gasteiger partial charge in [0.1, 0.15) is 6.07 Å². The van der Waals surface area contributed by atoms with Crippen molar-refractivity contribution in [1.82, 2.24) is 9.97 Å². The van der Waals surface area contributed by atoms with Gasteiger partial charge in [0.05, 0.1) is 16.1 Å². The largest absolute Gasteiger partial charge is 0.476 e. The van der Waals surface area contributed by atoms with Gasteiger partial charge in [-0.15, -0.1) is 11.3 Å². The number of carbonyl (C=O) groups is 1. The molecule has 2 aromatic rings. The van der Waals surface area contributed by atoms with E-state index in [1.165, 1.54) is 6.20 Å². The summed E-state index contributed by atoms with van der Waals surface area (Å²) in [7, 11) is 0. The first-order valence-corrected chi connectivity index (χ1v) is 5.50. The fraction of sp³-hybridized carbons (Fsp3) is 0.0909. The molecule has 0 aromatic carbocycles. The Morgan fingerprint density at radius 3 is 2.94 bits per heavy atom. The normalized spacial score (nSPS) is 9.88. The van der Waals surface area contributed by atoms with Gasteiger partial charge in [0.25, 0.3) is 0 Å². The van der Waals surface area contributed by atoms with Gasteiger partial charge in [0.2, 0.25) is 5.01 Å². The first kappa shape index (κ1) is 11.2. The van der Waals surface area contributed by atoms with Crippen LogP contribution in [0, 0.1) is 18.3 Å². The molecule has 0 amide bonds. The number of aromatic carboxylic acids is 1. The van der Waals surface area contributed by atoms with Crippen LogP contribution < -0.4 is 0 Å². The number of aryl methyl sites for hydroxylation is 1. The Balaban J connectivity index is 2.61. The topological polar surface area (TPSA) is 86.9 Å². The Bertz CT molecular complexity index is 628. The summed E-state index contributed by atoms with van der Waals surface area (Å²) >= 11 is 1.06. The molecule has 2 heterocycles. The summed E-state index contributed by atoms with van der Waals surface area (Å²) in [4.78, 5) is 19.3. The maximum Gasteiger partial charge on any atom is 0.365 e. The molecule has 0 aliphatic heterocycles. The minimum Gasteiger partial charge on any atom is -0.476 e. The SMILES string of the molecule is Cc1nc(C(=O)O)sc1-c1ccncc1C#N. The minimum atomic E-state index is -1.06. The Hall–Kier alpha value is -2.26. The highest BCUT2D eigenvalue weighted by Crippen LogP contribution is 2.31. The van der Waals surface area contributed by atoms with E-state index in [-0.39, 0.29) is 5.01 Å². The smallest absolute Gasteiger partial charge is 0.365 e. The number of aromatic nitrogens is 2. The van der Waals surface area contributed by atoms with Crippen molar-refractivity contribution in [2.24, 2.45) is 0 Å². The second-order valence-electron chi connectivity index (χ2n) is 3.27. The second-order valence-corrected chi connectivity index (χ2v) is 4.27. The maximum absolute atomic E-state index is 10.8. The number of carboxylic acid groups (broad SMARTS) is 1. The molecule has 17 heavy (non-hydrogen) atoms. The van der Waals surface area contributed by atoms with Crippen LogP contribution >= 0.6 is 11.3 Å². The zero-order valence-corrected chi connectivity index (χ0v) is 9.65. The summed E-state index contributed by atoms with van der Waals surface area (Å²) in [6.45, 7) is 1.72. The van der Waals surface area contributed by atoms with Crippen LogP contribution in [0.4, 0.5) is 0 Å². The van der Waals surface area contributed by atoms with Crippen LogP contribution in [0.5, 0.6) is 0 Å². The Kier molecular flexibility index (Phi) is 2.85. The van der Waals surface area contributed by atoms with Crippen molar-refractivity contribution in [3.63, 3.8) is 0 Å². The number of rotatable bonds is 2. The van der Waals surface area contributed by atoms with Crippen molar-refractivity contribution < 1.29 is 9.90 Å². The molecule has 2 rings (SSSR count). The molecule has 2 aromatic heterocycles. The van der Waals surface area contributed by atoms with Crippen LogP contribution in [-0.2, 0) is 0 Å². The lowest BCUT2D eigenvalue weighted by Crippen LogP contribution is -1.93. The van der Waals surface area contributed by atoms with E-state index < -0.39 is 5.97 Å². The highest BCUT2D eigenvalue weighted by atomic mass is 32.1. The average molecular weight is 245 g/mol. The van der Waals surface area contributed by atoms with Crippen LogP contribution in [0.2, 0.25) is 0 Å². The van der Waals surface area contributed by atoms with E-state index in [1.807, 2.05) is 6.07 Å². The van der Waals surface area contributed by atoms with Gasteiger partial charge in [-0.1, -0.05) is 0 Å². The molecule has 0 radical (unpaired) electrons. The molecule has 0 spiro atoms. The highest BCUT2D eigenvalue weighted by Gasteiger charge is 2.16. The number of hydrogen-bond acceptors (Lipinski definition) is 5. The van der Waals surface area contributed by atoms with Gasteiger partial charge in [0.15, 0.2) is 0 Å². The van der Waals surface area contributed by atoms with Crippen molar-refractivity contribution in [2.45, 2.75) is 6.92 Å². The number of hydrogen-bond donors (Lipinski definition) is 1. The van der Waals surface area contributed by atoms with Crippen molar-refractivity contribution in [1.29, 1.82) is 5.26 Å². The molecular formula is C11H7N3O2S. The molecular weight excluding hydrogens is 238 g/mol. The Labute approximate surface area is 101 Å². The van der Waals surface area contributed by atoms with E-state index in [4.69, 9.17) is 10.4 Å². The van der Waals surface area contributed by atoms with Gasteiger partial charge in [-0.05, 0) is 13.0 Å². The lowest BCUT2D eigenvalue weighted by Gasteiger charge is -1.99. The molecule has 84 valence electrons. The van der Waals surface area contributed by atoms with E-state index in [1.54, 1.807) is 19.2 Å². The number of nitriles is 1. The first-order chi connectivity index (χ1) is 8.13. The number of thiazole rings is 1. The molecule has 1 N–H and O–H groups in total. The van der Waals surface area contributed by atoms with Gasteiger partial charge in [-0.25, -0.2) is 9.78 Å². The fourth-order valence-corrected chi connectivity index (χ4v) is 2.36. The minimum absolute atomic E-state index is 0.0261. The Morgan fingerprint density at radius 1 is 1.59 bits per heavy atom. The zero-order valence-electron chi connectivity index (χ0n) is 8.84. The van der Waals surface area contributed by atoms with Crippen molar-refractivity contribution in [3.8, 4) is 16.5 Å². The predicted molar refractivity (Wildman–Crippen MR) is 61.8 cm³/mol. The van der Waals surface area contributed by atoms with Gasteiger partial charge in [-0.2, -0.15) is 5.26 Å². The molecule has 0 saturated carbocycles. The van der Waals surface area contributed by atoms with Gasteiger partial charge in [0, 0.05) is 18.0 Å². The zero-order chi connectivity index (χ0) is 12.4. The lowest BCUT2D eigenvalue weighted by molar-refractivity contribution is 0.0696. The van der Waals surface area contributed by atoms with Crippen LogP contribution in [0.3, 0.4) is 0 Å². The van der Waals surface area contributed by atoms with E-state index in [0.29, 0.717) is 21.7 Å². The van der Waals surface area contributed by atoms with Crippen molar-refractivity contribution >= 4 is 17.3 Å². The van der Waals surface area contributed by atoms with Gasteiger partial charge in [-0.3, -0.25) is 4.98 Å². The van der Waals surface area contributed by atoms with E-state index in [9.17, 15) is 4.79 Å². The predicted octanol–water partition coefficient (Wildman–Crippen LogP) is 2.08. The molecule has 0 fully saturated rings. The van der Waals surface area contributed by atoms with E-state index >= 15 is 0 Å². The van der Waals surface area contributed by atoms with E-state index in [0.717, 1.165) is 11.3 Å². The number of carboxylic acids is 1. The number of pyridine rings is 1. The summed E-state index contributed by atoms with van der Waals surface area (Å²) in [6.07, 6.45) is 3.02. The standard InChI is InChI=1S/C11H7N3O2S/c1-6-9(17-10(14-6)11(15)16)8-2-3-13-5-7(8)4-12/h2-3,5H,1H3,(H,15,16). The van der Waals surface area contributed by atoms with Gasteiger partial charge >= 0.3 is 5.97 Å².